The first-order valence-electron chi connectivity index (χ1n) is 8.91. The highest BCUT2D eigenvalue weighted by atomic mass is 32.1. The van der Waals surface area contributed by atoms with E-state index in [0.29, 0.717) is 25.3 Å². The van der Waals surface area contributed by atoms with E-state index in [9.17, 15) is 8.78 Å². The van der Waals surface area contributed by atoms with Crippen LogP contribution in [0.15, 0.2) is 58.4 Å². The SMILES string of the molecule is Fc1ccc(CNCCCOc2cccc(-c3noc4ccsc34)c2)cc1F. The molecule has 4 aromatic rings. The van der Waals surface area contributed by atoms with E-state index in [1.165, 1.54) is 6.07 Å². The zero-order valence-electron chi connectivity index (χ0n) is 15.0. The van der Waals surface area contributed by atoms with E-state index < -0.39 is 11.6 Å². The van der Waals surface area contributed by atoms with Crippen molar-refractivity contribution >= 4 is 21.6 Å². The van der Waals surface area contributed by atoms with Crippen molar-refractivity contribution in [2.75, 3.05) is 13.2 Å². The highest BCUT2D eigenvalue weighted by molar-refractivity contribution is 7.17. The molecule has 0 aliphatic heterocycles. The Hall–Kier alpha value is -2.77. The van der Waals surface area contributed by atoms with E-state index in [1.54, 1.807) is 17.4 Å². The summed E-state index contributed by atoms with van der Waals surface area (Å²) in [6.45, 7) is 1.73. The lowest BCUT2D eigenvalue weighted by Gasteiger charge is -2.08. The van der Waals surface area contributed by atoms with Crippen molar-refractivity contribution in [3.05, 3.63) is 71.1 Å². The van der Waals surface area contributed by atoms with Crippen LogP contribution >= 0.6 is 11.3 Å². The van der Waals surface area contributed by atoms with Gasteiger partial charge in [-0.3, -0.25) is 0 Å². The van der Waals surface area contributed by atoms with Gasteiger partial charge in [0.05, 0.1) is 6.61 Å². The second-order valence-corrected chi connectivity index (χ2v) is 7.22. The van der Waals surface area contributed by atoms with Crippen LogP contribution in [0.1, 0.15) is 12.0 Å². The quantitative estimate of drug-likeness (QED) is 0.403. The molecule has 7 heteroatoms. The summed E-state index contributed by atoms with van der Waals surface area (Å²) in [5, 5.41) is 9.32. The molecule has 4 nitrogen and oxygen atoms in total. The molecule has 0 saturated carbocycles. The zero-order chi connectivity index (χ0) is 19.3. The van der Waals surface area contributed by atoms with Gasteiger partial charge in [0.15, 0.2) is 17.2 Å². The van der Waals surface area contributed by atoms with Gasteiger partial charge < -0.3 is 14.6 Å². The Morgan fingerprint density at radius 1 is 1.07 bits per heavy atom. The summed E-state index contributed by atoms with van der Waals surface area (Å²) in [5.74, 6) is -0.884. The number of nitrogens with one attached hydrogen (secondary N) is 1. The van der Waals surface area contributed by atoms with Gasteiger partial charge in [0.2, 0.25) is 0 Å². The van der Waals surface area contributed by atoms with Gasteiger partial charge >= 0.3 is 0 Å². The molecule has 0 atom stereocenters. The molecule has 1 N–H and O–H groups in total. The number of ether oxygens (including phenoxy) is 1. The second-order valence-electron chi connectivity index (χ2n) is 6.30. The minimum Gasteiger partial charge on any atom is -0.494 e. The molecule has 0 aliphatic rings. The molecule has 4 rings (SSSR count). The number of halogens is 2. The molecule has 0 bridgehead atoms. The van der Waals surface area contributed by atoms with Crippen LogP contribution in [0.2, 0.25) is 0 Å². The molecule has 0 unspecified atom stereocenters. The molecule has 0 fully saturated rings. The van der Waals surface area contributed by atoms with Gasteiger partial charge in [0.25, 0.3) is 0 Å². The summed E-state index contributed by atoms with van der Waals surface area (Å²) in [6, 6.07) is 13.6. The van der Waals surface area contributed by atoms with E-state index in [0.717, 1.165) is 39.8 Å². The summed E-state index contributed by atoms with van der Waals surface area (Å²) < 4.78 is 38.2. The normalized spacial score (nSPS) is 11.2. The standard InChI is InChI=1S/C21H18F2N2O2S/c22-17-6-5-14(11-18(17)23)13-24-8-2-9-26-16-4-1-3-15(12-16)20-21-19(27-25-20)7-10-28-21/h1,3-7,10-12,24H,2,8-9,13H2. The van der Waals surface area contributed by atoms with E-state index in [2.05, 4.69) is 10.5 Å². The third-order valence-electron chi connectivity index (χ3n) is 4.27. The maximum Gasteiger partial charge on any atom is 0.178 e. The molecule has 144 valence electrons. The van der Waals surface area contributed by atoms with E-state index in [1.807, 2.05) is 35.7 Å². The van der Waals surface area contributed by atoms with Gasteiger partial charge in [-0.25, -0.2) is 8.78 Å². The fourth-order valence-corrected chi connectivity index (χ4v) is 3.68. The molecule has 0 saturated heterocycles. The summed E-state index contributed by atoms with van der Waals surface area (Å²) in [5.41, 5.74) is 3.28. The van der Waals surface area contributed by atoms with Gasteiger partial charge in [0.1, 0.15) is 16.1 Å². The summed E-state index contributed by atoms with van der Waals surface area (Å²) in [4.78, 5) is 0. The number of hydrogen-bond donors (Lipinski definition) is 1. The number of thiophene rings is 1. The minimum atomic E-state index is -0.829. The van der Waals surface area contributed by atoms with E-state index >= 15 is 0 Å². The molecule has 0 amide bonds. The van der Waals surface area contributed by atoms with Crippen LogP contribution in [0.5, 0.6) is 5.75 Å². The Morgan fingerprint density at radius 3 is 2.89 bits per heavy atom. The zero-order valence-corrected chi connectivity index (χ0v) is 15.8. The predicted octanol–water partition coefficient (Wildman–Crippen LogP) is 5.39. The fraction of sp³-hybridized carbons (Fsp3) is 0.190. The van der Waals surface area contributed by atoms with Gasteiger partial charge in [-0.1, -0.05) is 23.4 Å². The van der Waals surface area contributed by atoms with Crippen molar-refractivity contribution in [3.63, 3.8) is 0 Å². The van der Waals surface area contributed by atoms with Crippen molar-refractivity contribution in [1.29, 1.82) is 0 Å². The van der Waals surface area contributed by atoms with Crippen molar-refractivity contribution in [1.82, 2.24) is 10.5 Å². The van der Waals surface area contributed by atoms with Crippen LogP contribution in [0.4, 0.5) is 8.78 Å². The van der Waals surface area contributed by atoms with Crippen LogP contribution in [0.25, 0.3) is 21.5 Å². The van der Waals surface area contributed by atoms with Gasteiger partial charge in [0, 0.05) is 12.1 Å². The number of fused-ring (bicyclic) bond motifs is 1. The summed E-state index contributed by atoms with van der Waals surface area (Å²) >= 11 is 1.60. The van der Waals surface area contributed by atoms with Gasteiger partial charge in [-0.15, -0.1) is 11.3 Å². The van der Waals surface area contributed by atoms with E-state index in [4.69, 9.17) is 9.26 Å². The third-order valence-corrected chi connectivity index (χ3v) is 5.17. The Balaban J connectivity index is 1.25. The highest BCUT2D eigenvalue weighted by Gasteiger charge is 2.12. The van der Waals surface area contributed by atoms with E-state index in [-0.39, 0.29) is 0 Å². The Morgan fingerprint density at radius 2 is 2.00 bits per heavy atom. The molecular formula is C21H18F2N2O2S. The molecule has 0 spiro atoms. The number of nitrogens with zero attached hydrogens (tertiary/aromatic N) is 1. The average molecular weight is 400 g/mol. The largest absolute Gasteiger partial charge is 0.494 e. The molecule has 0 aliphatic carbocycles. The average Bonchev–Trinajstić information content (AvgIpc) is 3.31. The van der Waals surface area contributed by atoms with Crippen molar-refractivity contribution in [3.8, 4) is 17.0 Å². The highest BCUT2D eigenvalue weighted by Crippen LogP contribution is 2.33. The van der Waals surface area contributed by atoms with Gasteiger partial charge in [-0.2, -0.15) is 0 Å². The first-order valence-corrected chi connectivity index (χ1v) is 9.79. The topological polar surface area (TPSA) is 47.3 Å². The predicted molar refractivity (Wildman–Crippen MR) is 105 cm³/mol. The molecule has 0 radical (unpaired) electrons. The van der Waals surface area contributed by atoms with Crippen LogP contribution in [0.3, 0.4) is 0 Å². The maximum atomic E-state index is 13.2. The monoisotopic (exact) mass is 400 g/mol. The lowest BCUT2D eigenvalue weighted by Crippen LogP contribution is -2.17. The number of benzene rings is 2. The van der Waals surface area contributed by atoms with Crippen molar-refractivity contribution < 1.29 is 18.0 Å². The van der Waals surface area contributed by atoms with Gasteiger partial charge in [-0.05, 0) is 54.2 Å². The lowest BCUT2D eigenvalue weighted by atomic mass is 10.1. The Labute approximate surface area is 164 Å². The first-order chi connectivity index (χ1) is 13.7. The summed E-state index contributed by atoms with van der Waals surface area (Å²) in [7, 11) is 0. The van der Waals surface area contributed by atoms with Crippen molar-refractivity contribution in [2.24, 2.45) is 0 Å². The molecule has 28 heavy (non-hydrogen) atoms. The molecule has 2 aromatic heterocycles. The second kappa shape index (κ2) is 8.50. The van der Waals surface area contributed by atoms with Crippen LogP contribution in [-0.2, 0) is 6.54 Å². The maximum absolute atomic E-state index is 13.2. The first kappa shape index (κ1) is 18.6. The van der Waals surface area contributed by atoms with Crippen LogP contribution < -0.4 is 10.1 Å². The Kier molecular flexibility index (Phi) is 5.64. The van der Waals surface area contributed by atoms with Crippen molar-refractivity contribution in [2.45, 2.75) is 13.0 Å². The molecule has 2 aromatic carbocycles. The molecule has 2 heterocycles. The smallest absolute Gasteiger partial charge is 0.178 e. The minimum absolute atomic E-state index is 0.482. The molecular weight excluding hydrogens is 382 g/mol. The Bertz CT molecular complexity index is 1080. The summed E-state index contributed by atoms with van der Waals surface area (Å²) in [6.07, 6.45) is 0.785. The fourth-order valence-electron chi connectivity index (χ4n) is 2.86. The number of aromatic nitrogens is 1. The number of hydrogen-bond acceptors (Lipinski definition) is 5. The number of rotatable bonds is 8. The third kappa shape index (κ3) is 4.21. The van der Waals surface area contributed by atoms with Crippen LogP contribution in [0, 0.1) is 11.6 Å². The lowest BCUT2D eigenvalue weighted by molar-refractivity contribution is 0.308. The van der Waals surface area contributed by atoms with Crippen LogP contribution in [-0.4, -0.2) is 18.3 Å².